The van der Waals surface area contributed by atoms with Crippen molar-refractivity contribution in [3.05, 3.63) is 53.2 Å². The number of thioether (sulfide) groups is 1. The Labute approximate surface area is 158 Å². The largest absolute Gasteiger partial charge is 0.437 e. The number of benzene rings is 1. The fourth-order valence-corrected chi connectivity index (χ4v) is 2.68. The predicted molar refractivity (Wildman–Crippen MR) is 97.6 cm³/mol. The Hall–Kier alpha value is -2.75. The molecule has 10 heteroatoms. The lowest BCUT2D eigenvalue weighted by molar-refractivity contribution is -0.137. The summed E-state index contributed by atoms with van der Waals surface area (Å²) in [5.41, 5.74) is 7.17. The van der Waals surface area contributed by atoms with Crippen LogP contribution < -0.4 is 11.1 Å². The monoisotopic (exact) mass is 398 g/mol. The number of hydrogen-bond acceptors (Lipinski definition) is 5. The molecule has 0 radical (unpaired) electrons. The summed E-state index contributed by atoms with van der Waals surface area (Å²) in [6.45, 7) is 3.68. The number of hydrogen-bond donors (Lipinski definition) is 2. The van der Waals surface area contributed by atoms with Crippen LogP contribution in [0.5, 0.6) is 0 Å². The Balaban J connectivity index is 1.86. The molecule has 0 aliphatic heterocycles. The van der Waals surface area contributed by atoms with Gasteiger partial charge < -0.3 is 5.73 Å². The van der Waals surface area contributed by atoms with Gasteiger partial charge in [0.05, 0.1) is 16.3 Å². The number of carbonyl (C=O) groups is 1. The van der Waals surface area contributed by atoms with Gasteiger partial charge in [0.25, 0.3) is 0 Å². The number of oxime groups is 1. The van der Waals surface area contributed by atoms with E-state index in [0.717, 1.165) is 35.2 Å². The second-order valence-electron chi connectivity index (χ2n) is 5.52. The molecule has 0 fully saturated rings. The molecule has 27 heavy (non-hydrogen) atoms. The number of nitrogens with zero attached hydrogens (tertiary/aromatic N) is 2. The summed E-state index contributed by atoms with van der Waals surface area (Å²) >= 11 is 1.06. The zero-order valence-corrected chi connectivity index (χ0v) is 15.3. The number of nitrogens with two attached hydrogens (primary N) is 1. The smallest absolute Gasteiger partial charge is 0.384 e. The first kappa shape index (κ1) is 20.6. The van der Waals surface area contributed by atoms with Gasteiger partial charge in [-0.05, 0) is 37.1 Å². The molecule has 1 aromatic carbocycles. The molecule has 0 aliphatic rings. The molecule has 0 aliphatic carbocycles. The van der Waals surface area contributed by atoms with Crippen molar-refractivity contribution in [2.24, 2.45) is 10.9 Å². The van der Waals surface area contributed by atoms with Gasteiger partial charge >= 0.3 is 12.3 Å². The summed E-state index contributed by atoms with van der Waals surface area (Å²) in [6.07, 6.45) is -4.50. The fourth-order valence-electron chi connectivity index (χ4n) is 2.04. The number of nitrogens with one attached hydrogen (secondary N) is 1. The van der Waals surface area contributed by atoms with Crippen LogP contribution in [0.1, 0.15) is 16.7 Å². The highest BCUT2D eigenvalue weighted by Crippen LogP contribution is 2.29. The maximum Gasteiger partial charge on any atom is 0.437 e. The molecule has 3 N–H and O–H groups in total. The van der Waals surface area contributed by atoms with Crippen molar-refractivity contribution in [2.75, 3.05) is 11.1 Å². The standard InChI is InChI=1S/C17H17F3N4O2S/c1-10-4-3-5-11(2)15(10)23-16(25)26-24-13(21)9-27-14-7-6-12(8-22-14)17(18,19)20/h3-8H,9H2,1-2H3,(H2,21,24)(H,23,25). The molecule has 1 heterocycles. The van der Waals surface area contributed by atoms with E-state index in [9.17, 15) is 18.0 Å². The lowest BCUT2D eigenvalue weighted by atomic mass is 10.1. The molecule has 1 aromatic heterocycles. The second-order valence-corrected chi connectivity index (χ2v) is 6.52. The summed E-state index contributed by atoms with van der Waals surface area (Å²) in [6, 6.07) is 7.71. The number of carbonyl (C=O) groups excluding carboxylic acids is 1. The molecule has 0 saturated heterocycles. The van der Waals surface area contributed by atoms with Crippen molar-refractivity contribution in [1.82, 2.24) is 4.98 Å². The van der Waals surface area contributed by atoms with Crippen LogP contribution in [0.25, 0.3) is 0 Å². The van der Waals surface area contributed by atoms with Gasteiger partial charge in [-0.25, -0.2) is 9.78 Å². The second kappa shape index (κ2) is 8.76. The average Bonchev–Trinajstić information content (AvgIpc) is 2.61. The molecule has 6 nitrogen and oxygen atoms in total. The average molecular weight is 398 g/mol. The molecule has 1 amide bonds. The van der Waals surface area contributed by atoms with Gasteiger partial charge in [0, 0.05) is 11.9 Å². The summed E-state index contributed by atoms with van der Waals surface area (Å²) in [5, 5.41) is 6.42. The Kier molecular flexibility index (Phi) is 6.67. The van der Waals surface area contributed by atoms with E-state index in [1.54, 1.807) is 0 Å². The number of aryl methyl sites for hydroxylation is 2. The van der Waals surface area contributed by atoms with E-state index in [0.29, 0.717) is 10.7 Å². The molecule has 0 saturated carbocycles. The Morgan fingerprint density at radius 1 is 1.26 bits per heavy atom. The van der Waals surface area contributed by atoms with Crippen molar-refractivity contribution >= 4 is 29.4 Å². The maximum absolute atomic E-state index is 12.5. The lowest BCUT2D eigenvalue weighted by Gasteiger charge is -2.09. The molecule has 2 aromatic rings. The highest BCUT2D eigenvalue weighted by Gasteiger charge is 2.30. The van der Waals surface area contributed by atoms with Crippen molar-refractivity contribution in [3.8, 4) is 0 Å². The third-order valence-electron chi connectivity index (χ3n) is 3.39. The molecule has 0 spiro atoms. The minimum Gasteiger partial charge on any atom is -0.384 e. The molecular formula is C17H17F3N4O2S. The number of aromatic nitrogens is 1. The maximum atomic E-state index is 12.5. The van der Waals surface area contributed by atoms with Crippen LogP contribution in [0.3, 0.4) is 0 Å². The van der Waals surface area contributed by atoms with E-state index in [4.69, 9.17) is 10.6 Å². The highest BCUT2D eigenvalue weighted by molar-refractivity contribution is 7.99. The van der Waals surface area contributed by atoms with Gasteiger partial charge in [-0.3, -0.25) is 10.2 Å². The SMILES string of the molecule is Cc1cccc(C)c1NC(=O)O/N=C(\N)CSc1ccc(C(F)(F)F)cn1. The first-order valence-electron chi connectivity index (χ1n) is 7.69. The number of rotatable bonds is 5. The zero-order valence-electron chi connectivity index (χ0n) is 14.5. The Morgan fingerprint density at radius 3 is 2.48 bits per heavy atom. The quantitative estimate of drug-likeness (QED) is 0.257. The minimum atomic E-state index is -4.44. The Bertz CT molecular complexity index is 819. The van der Waals surface area contributed by atoms with Gasteiger partial charge in [-0.2, -0.15) is 13.2 Å². The molecule has 0 unspecified atom stereocenters. The predicted octanol–water partition coefficient (Wildman–Crippen LogP) is 4.33. The van der Waals surface area contributed by atoms with Crippen LogP contribution in [0.15, 0.2) is 46.7 Å². The van der Waals surface area contributed by atoms with E-state index in [1.807, 2.05) is 32.0 Å². The number of pyridine rings is 1. The van der Waals surface area contributed by atoms with Gasteiger partial charge in [0.1, 0.15) is 0 Å². The van der Waals surface area contributed by atoms with E-state index in [1.165, 1.54) is 6.07 Å². The van der Waals surface area contributed by atoms with Crippen LogP contribution in [0, 0.1) is 13.8 Å². The summed E-state index contributed by atoms with van der Waals surface area (Å²) in [4.78, 5) is 20.2. The third-order valence-corrected chi connectivity index (χ3v) is 4.36. The van der Waals surface area contributed by atoms with Crippen LogP contribution in [-0.4, -0.2) is 22.7 Å². The fraction of sp³-hybridized carbons (Fsp3) is 0.235. The lowest BCUT2D eigenvalue weighted by Crippen LogP contribution is -2.19. The number of halogens is 3. The number of amidine groups is 1. The Morgan fingerprint density at radius 2 is 1.93 bits per heavy atom. The molecular weight excluding hydrogens is 381 g/mol. The number of alkyl halides is 3. The normalized spacial score (nSPS) is 12.0. The van der Waals surface area contributed by atoms with Crippen molar-refractivity contribution in [3.63, 3.8) is 0 Å². The summed E-state index contributed by atoms with van der Waals surface area (Å²) < 4.78 is 37.4. The first-order valence-corrected chi connectivity index (χ1v) is 8.68. The van der Waals surface area contributed by atoms with Crippen molar-refractivity contribution in [1.29, 1.82) is 0 Å². The highest BCUT2D eigenvalue weighted by atomic mass is 32.2. The molecule has 2 rings (SSSR count). The van der Waals surface area contributed by atoms with Crippen LogP contribution in [0.2, 0.25) is 0 Å². The third kappa shape index (κ3) is 6.17. The molecule has 0 bridgehead atoms. The van der Waals surface area contributed by atoms with Crippen LogP contribution in [0.4, 0.5) is 23.7 Å². The molecule has 0 atom stereocenters. The van der Waals surface area contributed by atoms with E-state index < -0.39 is 17.8 Å². The van der Waals surface area contributed by atoms with Crippen molar-refractivity contribution < 1.29 is 22.8 Å². The van der Waals surface area contributed by atoms with Crippen molar-refractivity contribution in [2.45, 2.75) is 25.0 Å². The topological polar surface area (TPSA) is 89.6 Å². The van der Waals surface area contributed by atoms with Crippen LogP contribution >= 0.6 is 11.8 Å². The van der Waals surface area contributed by atoms with Gasteiger partial charge in [-0.1, -0.05) is 35.1 Å². The number of amides is 1. The first-order chi connectivity index (χ1) is 12.7. The van der Waals surface area contributed by atoms with E-state index in [-0.39, 0.29) is 11.6 Å². The number of anilines is 1. The van der Waals surface area contributed by atoms with Crippen LogP contribution in [-0.2, 0) is 11.0 Å². The van der Waals surface area contributed by atoms with Gasteiger partial charge in [0.15, 0.2) is 5.84 Å². The van der Waals surface area contributed by atoms with Gasteiger partial charge in [0.2, 0.25) is 0 Å². The summed E-state index contributed by atoms with van der Waals surface area (Å²) in [7, 11) is 0. The zero-order chi connectivity index (χ0) is 20.0. The van der Waals surface area contributed by atoms with E-state index >= 15 is 0 Å². The minimum absolute atomic E-state index is 0.0154. The molecule has 144 valence electrons. The number of para-hydroxylation sites is 1. The summed E-state index contributed by atoms with van der Waals surface area (Å²) in [5.74, 6) is 0.0769. The van der Waals surface area contributed by atoms with Gasteiger partial charge in [-0.15, -0.1) is 0 Å². The van der Waals surface area contributed by atoms with E-state index in [2.05, 4.69) is 15.5 Å².